The van der Waals surface area contributed by atoms with E-state index in [1.54, 1.807) is 5.38 Å². The van der Waals surface area contributed by atoms with Gasteiger partial charge in [-0.3, -0.25) is 33.6 Å². The molecule has 2 saturated heterocycles. The van der Waals surface area contributed by atoms with Crippen LogP contribution < -0.4 is 61.0 Å². The lowest BCUT2D eigenvalue weighted by molar-refractivity contribution is -0.372. The molecule has 8 amide bonds. The molecule has 26 N–H and O–H groups in total. The number of amides is 8. The highest BCUT2D eigenvalue weighted by Gasteiger charge is 2.54. The Morgan fingerprint density at radius 3 is 2.07 bits per heavy atom. The molecule has 2 fully saturated rings. The molecular formula is C50H73N17O21S2. The molecule has 2 aliphatic rings. The van der Waals surface area contributed by atoms with Gasteiger partial charge in [-0.05, 0) is 20.8 Å². The number of H-pyrrole nitrogens is 1. The summed E-state index contributed by atoms with van der Waals surface area (Å²) in [6, 6.07) is -7.85. The first-order valence-electron chi connectivity index (χ1n) is 27.4. The van der Waals surface area contributed by atoms with E-state index < -0.39 is 189 Å². The summed E-state index contributed by atoms with van der Waals surface area (Å²) in [6.07, 6.45) is -25.1. The topological polar surface area (TPSA) is 641 Å². The highest BCUT2D eigenvalue weighted by Crippen LogP contribution is 2.35. The summed E-state index contributed by atoms with van der Waals surface area (Å²) >= 11 is 2.40. The minimum Gasteiger partial charge on any atom is -0.441 e. The molecule has 0 bridgehead atoms. The third kappa shape index (κ3) is 17.9. The average molecular weight is 1310 g/mol. The van der Waals surface area contributed by atoms with Crippen LogP contribution in [0.2, 0.25) is 0 Å². The predicted molar refractivity (Wildman–Crippen MR) is 306 cm³/mol. The Labute approximate surface area is 518 Å². The predicted octanol–water partition coefficient (Wildman–Crippen LogP) is -8.60. The fraction of sp³-hybridized carbons (Fsp3) is 0.580. The lowest BCUT2D eigenvalue weighted by Gasteiger charge is -2.47. The SMILES string of the molecule is Cc1c(N)nc([C@@H](CC(N)=O)NC[C@H](N)C(N)=O)nc1C(=O)N[C@H](C(=O)N[C@H](C)[C@H](O)[C@H](C)C(=O)N[C@H](C(=O)NCCc1nc(-c2nc(C(N)=O)cs2)cs1)[C@H](C)O)[C@@H](O[C@@H]1O[C@H](CO)[C@H](O)[C@H](O)[C@H]1O[C@H]1O[C@H](CO)[C@@H](O)[C@@H](OC(N)=O)[C@H]1O)c1cnc[nH]1. The molecule has 0 saturated carbocycles. The van der Waals surface area contributed by atoms with Gasteiger partial charge in [-0.2, -0.15) is 0 Å². The summed E-state index contributed by atoms with van der Waals surface area (Å²) in [5.74, 6) is -9.13. The van der Waals surface area contributed by atoms with Crippen LogP contribution >= 0.6 is 22.7 Å². The number of ether oxygens (including phenoxy) is 5. The lowest BCUT2D eigenvalue weighted by atomic mass is 9.96. The van der Waals surface area contributed by atoms with Gasteiger partial charge in [-0.25, -0.2) is 29.7 Å². The van der Waals surface area contributed by atoms with E-state index >= 15 is 4.79 Å². The van der Waals surface area contributed by atoms with Crippen LogP contribution in [0.1, 0.15) is 82.4 Å². The third-order valence-corrected chi connectivity index (χ3v) is 16.1. The first-order valence-corrected chi connectivity index (χ1v) is 29.2. The van der Waals surface area contributed by atoms with Crippen LogP contribution in [0.4, 0.5) is 10.6 Å². The van der Waals surface area contributed by atoms with Gasteiger partial charge in [0.05, 0.1) is 72.7 Å². The first-order chi connectivity index (χ1) is 42.5. The molecule has 0 unspecified atom stereocenters. The molecule has 38 nitrogen and oxygen atoms in total. The number of thiazole rings is 2. The largest absolute Gasteiger partial charge is 0.441 e. The van der Waals surface area contributed by atoms with Gasteiger partial charge in [0, 0.05) is 42.3 Å². The van der Waals surface area contributed by atoms with Crippen molar-refractivity contribution in [2.75, 3.05) is 32.0 Å². The van der Waals surface area contributed by atoms with E-state index in [0.29, 0.717) is 15.7 Å². The van der Waals surface area contributed by atoms with Crippen molar-refractivity contribution in [2.24, 2.45) is 34.6 Å². The highest BCUT2D eigenvalue weighted by molar-refractivity contribution is 7.14. The Bertz CT molecular complexity index is 3150. The normalized spacial score (nSPS) is 24.8. The Morgan fingerprint density at radius 1 is 0.789 bits per heavy atom. The number of primary amides is 4. The van der Waals surface area contributed by atoms with Crippen LogP contribution in [0.5, 0.6) is 0 Å². The van der Waals surface area contributed by atoms with Gasteiger partial charge in [0.2, 0.25) is 29.5 Å². The van der Waals surface area contributed by atoms with Crippen LogP contribution in [-0.2, 0) is 54.1 Å². The van der Waals surface area contributed by atoms with Crippen molar-refractivity contribution in [1.82, 2.24) is 56.5 Å². The number of carbonyl (C=O) groups is 8. The molecule has 19 atom stereocenters. The maximum atomic E-state index is 15.1. The van der Waals surface area contributed by atoms with Crippen molar-refractivity contribution >= 4 is 75.9 Å². The van der Waals surface area contributed by atoms with Gasteiger partial charge in [-0.1, -0.05) is 6.92 Å². The fourth-order valence-electron chi connectivity index (χ4n) is 9.15. The monoisotopic (exact) mass is 1310 g/mol. The number of nitrogen functional groups attached to an aromatic ring is 1. The average Bonchev–Trinajstić information content (AvgIpc) is 0.905. The standard InChI is InChI=1S/C50H73N17O21S2/c1-15-28(64-42(67-39(15)53)20(7-26(52)71)59-8-19(51)40(54)77)45(81)66-30(36(21-9-57-14-60-21)86-49-38(34(75)32(73)24(10-68)85-49)87-48-35(76)37(88-50(56)83)33(74)25(11-69)84-48)46(82)61-17(3)31(72)16(2)43(79)65-29(18(4)70)44(80)58-6-5-27-62-23(13-89-27)47-63-22(12-90-47)41(55)78/h9,12-14,16-20,24-25,29-38,48-49,59,68-70,72-76H,5-8,10-11,51H2,1-4H3,(H2,52,71)(H2,54,77)(H2,55,78)(H2,56,83)(H,57,60)(H,58,80)(H,61,82)(H,65,79)(H,66,81)(H2,53,64,67)/t16-,17+,18-,19-,20+,24+,25+,29-,30-,31+,32-,33+,34-,35+,36-,37+,38+,48+,49-/m0/s1. The number of aliphatic hydroxyl groups is 8. The van der Waals surface area contributed by atoms with Crippen LogP contribution in [0.25, 0.3) is 10.7 Å². The van der Waals surface area contributed by atoms with Crippen molar-refractivity contribution in [3.05, 3.63) is 56.8 Å². The van der Waals surface area contributed by atoms with Crippen LogP contribution in [0.15, 0.2) is 23.3 Å². The van der Waals surface area contributed by atoms with Gasteiger partial charge in [0.15, 0.2) is 18.7 Å². The molecule has 0 aromatic carbocycles. The Kier molecular flexibility index (Phi) is 25.3. The van der Waals surface area contributed by atoms with Crippen molar-refractivity contribution in [3.63, 3.8) is 0 Å². The smallest absolute Gasteiger partial charge is 0.404 e. The minimum atomic E-state index is -2.20. The number of nitrogens with zero attached hydrogens (tertiary/aromatic N) is 5. The molecule has 0 aliphatic carbocycles. The van der Waals surface area contributed by atoms with E-state index in [1.807, 2.05) is 0 Å². The van der Waals surface area contributed by atoms with E-state index in [4.69, 9.17) is 58.1 Å². The quantitative estimate of drug-likeness (QED) is 0.0222. The summed E-state index contributed by atoms with van der Waals surface area (Å²) in [4.78, 5) is 129. The number of aromatic amines is 1. The molecule has 496 valence electrons. The molecule has 4 aromatic rings. The van der Waals surface area contributed by atoms with Crippen molar-refractivity contribution in [2.45, 2.75) is 150 Å². The van der Waals surface area contributed by atoms with Gasteiger partial charge < -0.3 is 131 Å². The number of aliphatic hydroxyl groups excluding tert-OH is 8. The number of imidazole rings is 1. The highest BCUT2D eigenvalue weighted by atomic mass is 32.1. The number of anilines is 1. The first kappa shape index (κ1) is 71.4. The van der Waals surface area contributed by atoms with E-state index in [1.165, 1.54) is 44.4 Å². The summed E-state index contributed by atoms with van der Waals surface area (Å²) in [6.45, 7) is 2.60. The van der Waals surface area contributed by atoms with Gasteiger partial charge in [-0.15, -0.1) is 22.7 Å². The fourth-order valence-corrected chi connectivity index (χ4v) is 10.8. The Balaban J connectivity index is 1.31. The van der Waals surface area contributed by atoms with E-state index in [9.17, 15) is 74.4 Å². The Hall–Kier alpha value is -7.65. The molecule has 0 spiro atoms. The lowest BCUT2D eigenvalue weighted by Crippen LogP contribution is -2.65. The summed E-state index contributed by atoms with van der Waals surface area (Å²) in [5.41, 5.74) is 33.1. The Morgan fingerprint density at radius 2 is 1.47 bits per heavy atom. The molecule has 4 aromatic heterocycles. The zero-order valence-corrected chi connectivity index (χ0v) is 50.1. The number of nitrogens with one attached hydrogen (secondary N) is 6. The van der Waals surface area contributed by atoms with E-state index in [0.717, 1.165) is 23.9 Å². The van der Waals surface area contributed by atoms with E-state index in [-0.39, 0.29) is 48.1 Å². The second kappa shape index (κ2) is 31.9. The van der Waals surface area contributed by atoms with Gasteiger partial charge in [0.1, 0.15) is 94.6 Å². The number of nitrogens with two attached hydrogens (primary N) is 6. The second-order valence-corrected chi connectivity index (χ2v) is 22.7. The van der Waals surface area contributed by atoms with Gasteiger partial charge in [0.25, 0.3) is 11.8 Å². The maximum absolute atomic E-state index is 15.1. The molecule has 2 aliphatic heterocycles. The number of hydrogen-bond acceptors (Lipinski definition) is 31. The summed E-state index contributed by atoms with van der Waals surface area (Å²) in [7, 11) is 0. The van der Waals surface area contributed by atoms with Crippen LogP contribution in [0.3, 0.4) is 0 Å². The minimum absolute atomic E-state index is 0.0170. The molecule has 40 heteroatoms. The third-order valence-electron chi connectivity index (χ3n) is 14.3. The van der Waals surface area contributed by atoms with Crippen molar-refractivity contribution in [3.8, 4) is 10.7 Å². The molecule has 0 radical (unpaired) electrons. The maximum Gasteiger partial charge on any atom is 0.404 e. The number of aromatic nitrogens is 6. The summed E-state index contributed by atoms with van der Waals surface area (Å²) < 4.78 is 28.7. The second-order valence-electron chi connectivity index (χ2n) is 20.9. The molecular weight excluding hydrogens is 1240 g/mol. The van der Waals surface area contributed by atoms with Gasteiger partial charge >= 0.3 is 6.09 Å². The van der Waals surface area contributed by atoms with Crippen molar-refractivity contribution < 1.29 is 103 Å². The summed E-state index contributed by atoms with van der Waals surface area (Å²) in [5, 5.41) is 105. The zero-order valence-electron chi connectivity index (χ0n) is 48.4. The number of hydrogen-bond donors (Lipinski definition) is 20. The molecule has 6 heterocycles. The zero-order chi connectivity index (χ0) is 66.6. The van der Waals surface area contributed by atoms with Crippen molar-refractivity contribution in [1.29, 1.82) is 0 Å². The van der Waals surface area contributed by atoms with E-state index in [2.05, 4.69) is 56.5 Å². The molecule has 6 rings (SSSR count). The van der Waals surface area contributed by atoms with Crippen LogP contribution in [-0.4, -0.2) is 242 Å². The number of rotatable bonds is 31. The number of carbonyl (C=O) groups excluding carboxylic acids is 8. The molecule has 90 heavy (non-hydrogen) atoms. The van der Waals surface area contributed by atoms with Crippen LogP contribution in [0, 0.1) is 12.8 Å².